The predicted molar refractivity (Wildman–Crippen MR) is 58.3 cm³/mol. The van der Waals surface area contributed by atoms with Crippen LogP contribution in [0.2, 0.25) is 0 Å². The molecule has 0 unspecified atom stereocenters. The summed E-state index contributed by atoms with van der Waals surface area (Å²) >= 11 is 5.82. The van der Waals surface area contributed by atoms with Crippen molar-refractivity contribution in [1.29, 1.82) is 0 Å². The van der Waals surface area contributed by atoms with E-state index in [1.807, 2.05) is 0 Å². The molecule has 6 nitrogen and oxygen atoms in total. The van der Waals surface area contributed by atoms with Gasteiger partial charge in [0.1, 0.15) is 8.96 Å². The van der Waals surface area contributed by atoms with E-state index in [0.29, 0.717) is 0 Å². The van der Waals surface area contributed by atoms with Crippen molar-refractivity contribution in [2.45, 2.75) is 6.92 Å². The van der Waals surface area contributed by atoms with E-state index in [0.717, 1.165) is 0 Å². The van der Waals surface area contributed by atoms with Crippen LogP contribution < -0.4 is 34.9 Å². The van der Waals surface area contributed by atoms with Gasteiger partial charge < -0.3 is 4.55 Å². The molecular weight excluding hydrogens is 381 g/mol. The predicted octanol–water partition coefficient (Wildman–Crippen LogP) is -2.80. The fraction of sp³-hybridized carbons (Fsp3) is 0.333. The number of hydrogen-bond acceptors (Lipinski definition) is 5. The van der Waals surface area contributed by atoms with Gasteiger partial charge >= 0.3 is 29.6 Å². The van der Waals surface area contributed by atoms with Gasteiger partial charge in [-0.05, 0) is 31.9 Å². The number of carbonyl (C=O) groups excluding carboxylic acids is 2. The van der Waals surface area contributed by atoms with Crippen LogP contribution in [-0.4, -0.2) is 30.5 Å². The van der Waals surface area contributed by atoms with E-state index in [4.69, 9.17) is 0 Å². The molecule has 0 spiro atoms. The summed E-state index contributed by atoms with van der Waals surface area (Å²) < 4.78 is 28.8. The van der Waals surface area contributed by atoms with Crippen molar-refractivity contribution in [3.63, 3.8) is 0 Å². The Kier molecular flexibility index (Phi) is 9.50. The van der Waals surface area contributed by atoms with Crippen LogP contribution in [0.3, 0.4) is 0 Å². The topological polar surface area (TPSA) is 103 Å². The molecule has 1 heterocycles. The summed E-state index contributed by atoms with van der Waals surface area (Å²) in [6.45, 7) is 1.31. The van der Waals surface area contributed by atoms with Crippen molar-refractivity contribution in [3.8, 4) is 0 Å². The smallest absolute Gasteiger partial charge is 0.748 e. The zero-order chi connectivity index (χ0) is 12.2. The Hall–Kier alpha value is 0.750. The van der Waals surface area contributed by atoms with Crippen molar-refractivity contribution >= 4 is 53.8 Å². The second-order valence-corrected chi connectivity index (χ2v) is 5.54. The zero-order valence-corrected chi connectivity index (χ0v) is 14.4. The molecule has 0 saturated carbocycles. The molecule has 0 aromatic carbocycles. The maximum Gasteiger partial charge on any atom is 1.00 e. The minimum atomic E-state index is -3.91. The van der Waals surface area contributed by atoms with Crippen molar-refractivity contribution in [2.75, 3.05) is 5.75 Å². The summed E-state index contributed by atoms with van der Waals surface area (Å²) in [5.74, 6) is -1.11. The molecule has 2 amide bonds. The molecular formula is C6H6Br2NNaO5S. The third-order valence-electron chi connectivity index (χ3n) is 1.17. The molecule has 0 aliphatic carbocycles. The number of halogens is 2. The van der Waals surface area contributed by atoms with Gasteiger partial charge in [-0.3, -0.25) is 14.9 Å². The zero-order valence-electron chi connectivity index (χ0n) is 8.41. The van der Waals surface area contributed by atoms with Crippen LogP contribution in [0.4, 0.5) is 0 Å². The van der Waals surface area contributed by atoms with Gasteiger partial charge in [-0.1, -0.05) is 6.92 Å². The van der Waals surface area contributed by atoms with Gasteiger partial charge in [0.05, 0.1) is 10.1 Å². The monoisotopic (exact) mass is 385 g/mol. The summed E-state index contributed by atoms with van der Waals surface area (Å²) in [6.07, 6.45) is 0. The Morgan fingerprint density at radius 2 is 1.44 bits per heavy atom. The summed E-state index contributed by atoms with van der Waals surface area (Å²) in [6, 6.07) is 0. The number of hydrogen-bond donors (Lipinski definition) is 1. The first-order chi connectivity index (χ1) is 6.69. The molecule has 0 aromatic heterocycles. The molecule has 16 heavy (non-hydrogen) atoms. The molecule has 86 valence electrons. The number of amides is 2. The van der Waals surface area contributed by atoms with Crippen LogP contribution in [0.25, 0.3) is 0 Å². The van der Waals surface area contributed by atoms with Crippen LogP contribution in [-0.2, 0) is 19.7 Å². The average Bonchev–Trinajstić information content (AvgIpc) is 2.33. The molecule has 1 N–H and O–H groups in total. The number of carbonyl (C=O) groups is 2. The fourth-order valence-electron chi connectivity index (χ4n) is 0.412. The van der Waals surface area contributed by atoms with Crippen LogP contribution in [0.1, 0.15) is 6.92 Å². The normalized spacial score (nSPS) is 15.0. The number of nitrogens with one attached hydrogen (secondary N) is 1. The molecule has 0 aromatic rings. The van der Waals surface area contributed by atoms with E-state index >= 15 is 0 Å². The fourth-order valence-corrected chi connectivity index (χ4v) is 0.971. The summed E-state index contributed by atoms with van der Waals surface area (Å²) in [5.41, 5.74) is 0. The van der Waals surface area contributed by atoms with Crippen molar-refractivity contribution in [2.24, 2.45) is 0 Å². The first kappa shape index (κ1) is 19.1. The Bertz CT molecular complexity index is 397. The number of rotatable bonds is 1. The van der Waals surface area contributed by atoms with Gasteiger partial charge in [-0.2, -0.15) is 0 Å². The van der Waals surface area contributed by atoms with Crippen LogP contribution in [0, 0.1) is 0 Å². The summed E-state index contributed by atoms with van der Waals surface area (Å²) in [5, 5.41) is 2.07. The minimum absolute atomic E-state index is 0. The second-order valence-electron chi connectivity index (χ2n) is 2.26. The van der Waals surface area contributed by atoms with E-state index in [1.165, 1.54) is 6.92 Å². The molecule has 1 aliphatic rings. The first-order valence-electron chi connectivity index (χ1n) is 3.53. The molecule has 10 heteroatoms. The third kappa shape index (κ3) is 7.15. The summed E-state index contributed by atoms with van der Waals surface area (Å²) in [4.78, 5) is 21.1. The molecule has 0 radical (unpaired) electrons. The van der Waals surface area contributed by atoms with Gasteiger partial charge in [0.2, 0.25) is 0 Å². The van der Waals surface area contributed by atoms with Gasteiger partial charge in [-0.25, -0.2) is 8.42 Å². The van der Waals surface area contributed by atoms with E-state index in [9.17, 15) is 22.6 Å². The standard InChI is InChI=1S/C4HBr2NO2.C2H6O3S.Na/c5-1-2(6)4(9)7-3(1)8;1-2-6(3,4)5;/h(H,7,8,9);2H2,1H3,(H,3,4,5);/q;;+1/p-1. The Morgan fingerprint density at radius 1 is 1.19 bits per heavy atom. The van der Waals surface area contributed by atoms with Crippen molar-refractivity contribution in [1.82, 2.24) is 5.32 Å². The molecule has 1 aliphatic heterocycles. The van der Waals surface area contributed by atoms with Gasteiger partial charge in [0.25, 0.3) is 11.8 Å². The van der Waals surface area contributed by atoms with Gasteiger partial charge in [0, 0.05) is 5.75 Å². The molecule has 0 fully saturated rings. The Labute approximate surface area is 132 Å². The largest absolute Gasteiger partial charge is 1.00 e. The van der Waals surface area contributed by atoms with Gasteiger partial charge in [-0.15, -0.1) is 0 Å². The van der Waals surface area contributed by atoms with E-state index in [1.54, 1.807) is 0 Å². The molecule has 0 saturated heterocycles. The average molecular weight is 387 g/mol. The Morgan fingerprint density at radius 3 is 1.50 bits per heavy atom. The van der Waals surface area contributed by atoms with Crippen LogP contribution >= 0.6 is 31.9 Å². The molecule has 1 rings (SSSR count). The Balaban J connectivity index is 0. The van der Waals surface area contributed by atoms with E-state index in [2.05, 4.69) is 37.2 Å². The van der Waals surface area contributed by atoms with Crippen molar-refractivity contribution < 1.29 is 52.1 Å². The first-order valence-corrected chi connectivity index (χ1v) is 6.70. The minimum Gasteiger partial charge on any atom is -0.748 e. The molecule has 0 bridgehead atoms. The van der Waals surface area contributed by atoms with Crippen LogP contribution in [0.5, 0.6) is 0 Å². The molecule has 0 atom stereocenters. The van der Waals surface area contributed by atoms with E-state index < -0.39 is 21.9 Å². The van der Waals surface area contributed by atoms with Crippen LogP contribution in [0.15, 0.2) is 8.96 Å². The van der Waals surface area contributed by atoms with Gasteiger partial charge in [0.15, 0.2) is 0 Å². The maximum absolute atomic E-state index is 10.5. The number of imide groups is 1. The third-order valence-corrected chi connectivity index (χ3v) is 3.92. The quantitative estimate of drug-likeness (QED) is 0.298. The van der Waals surface area contributed by atoms with E-state index in [-0.39, 0.29) is 44.3 Å². The second kappa shape index (κ2) is 7.96. The SMILES string of the molecule is CCS(=O)(=O)[O-].O=C1NC(=O)C(Br)=C1Br.[Na+]. The summed E-state index contributed by atoms with van der Waals surface area (Å²) in [7, 11) is -3.91. The maximum atomic E-state index is 10.5. The van der Waals surface area contributed by atoms with Crippen molar-refractivity contribution in [3.05, 3.63) is 8.96 Å².